The molecule has 2 rings (SSSR count). The molecule has 1 saturated carbocycles. The summed E-state index contributed by atoms with van der Waals surface area (Å²) in [6, 6.07) is -0.179. The molecular weight excluding hydrogens is 240 g/mol. The van der Waals surface area contributed by atoms with Crippen molar-refractivity contribution in [3.63, 3.8) is 0 Å². The van der Waals surface area contributed by atoms with Crippen molar-refractivity contribution < 1.29 is 9.90 Å². The van der Waals surface area contributed by atoms with Crippen molar-refractivity contribution in [1.82, 2.24) is 10.2 Å². The molecule has 0 radical (unpaired) electrons. The Balaban J connectivity index is 1.76. The number of carbonyl (C=O) groups excluding carboxylic acids is 1. The monoisotopic (exact) mass is 268 g/mol. The average Bonchev–Trinajstić information content (AvgIpc) is 2.93. The Hall–Kier alpha value is -0.610. The highest BCUT2D eigenvalue weighted by Crippen LogP contribution is 2.31. The van der Waals surface area contributed by atoms with Crippen molar-refractivity contribution in [3.8, 4) is 0 Å². The average molecular weight is 268 g/mol. The van der Waals surface area contributed by atoms with E-state index < -0.39 is 5.60 Å². The largest absolute Gasteiger partial charge is 0.389 e. The number of hydrogen-bond acceptors (Lipinski definition) is 3. The number of rotatable bonds is 4. The first-order chi connectivity index (χ1) is 9.00. The number of hydrogen-bond donors (Lipinski definition) is 2. The number of carbonyl (C=O) groups is 1. The van der Waals surface area contributed by atoms with Gasteiger partial charge in [0.1, 0.15) is 0 Å². The summed E-state index contributed by atoms with van der Waals surface area (Å²) in [6.45, 7) is 6.49. The van der Waals surface area contributed by atoms with Crippen LogP contribution in [0, 0.1) is 5.92 Å². The summed E-state index contributed by atoms with van der Waals surface area (Å²) in [5.41, 5.74) is -0.605. The van der Waals surface area contributed by atoms with Crippen molar-refractivity contribution in [3.05, 3.63) is 0 Å². The molecule has 0 spiro atoms. The smallest absolute Gasteiger partial charge is 0.239 e. The molecule has 1 aliphatic heterocycles. The lowest BCUT2D eigenvalue weighted by atomic mass is 9.79. The van der Waals surface area contributed by atoms with Crippen LogP contribution < -0.4 is 5.32 Å². The van der Waals surface area contributed by atoms with Crippen LogP contribution in [0.2, 0.25) is 0 Å². The predicted octanol–water partition coefficient (Wildman–Crippen LogP) is 1.53. The van der Waals surface area contributed by atoms with E-state index in [1.54, 1.807) is 0 Å². The molecule has 0 aromatic heterocycles. The lowest BCUT2D eigenvalue weighted by Gasteiger charge is -2.36. The van der Waals surface area contributed by atoms with E-state index in [1.807, 2.05) is 11.8 Å². The fourth-order valence-corrected chi connectivity index (χ4v) is 3.12. The van der Waals surface area contributed by atoms with E-state index in [4.69, 9.17) is 0 Å². The second-order valence-electron chi connectivity index (χ2n) is 6.54. The van der Waals surface area contributed by atoms with Gasteiger partial charge in [-0.25, -0.2) is 0 Å². The Morgan fingerprint density at radius 1 is 1.37 bits per heavy atom. The van der Waals surface area contributed by atoms with E-state index in [0.717, 1.165) is 57.5 Å². The van der Waals surface area contributed by atoms with Gasteiger partial charge in [-0.15, -0.1) is 0 Å². The van der Waals surface area contributed by atoms with Crippen molar-refractivity contribution >= 4 is 5.91 Å². The Morgan fingerprint density at radius 2 is 1.95 bits per heavy atom. The quantitative estimate of drug-likeness (QED) is 0.813. The molecule has 1 unspecified atom stereocenters. The maximum atomic E-state index is 12.2. The van der Waals surface area contributed by atoms with Gasteiger partial charge in [-0.1, -0.05) is 6.92 Å². The van der Waals surface area contributed by atoms with Gasteiger partial charge in [0.2, 0.25) is 5.91 Å². The van der Waals surface area contributed by atoms with Gasteiger partial charge in [0.15, 0.2) is 0 Å². The van der Waals surface area contributed by atoms with E-state index in [0.29, 0.717) is 6.54 Å². The van der Waals surface area contributed by atoms with Crippen LogP contribution in [0.1, 0.15) is 52.4 Å². The molecule has 0 aromatic rings. The zero-order valence-electron chi connectivity index (χ0n) is 12.3. The van der Waals surface area contributed by atoms with E-state index in [2.05, 4.69) is 12.2 Å². The van der Waals surface area contributed by atoms with Gasteiger partial charge in [-0.3, -0.25) is 4.79 Å². The molecule has 1 aliphatic carbocycles. The Morgan fingerprint density at radius 3 is 2.53 bits per heavy atom. The van der Waals surface area contributed by atoms with Gasteiger partial charge in [-0.2, -0.15) is 0 Å². The molecule has 2 fully saturated rings. The fraction of sp³-hybridized carbons (Fsp3) is 0.933. The van der Waals surface area contributed by atoms with Crippen LogP contribution in [0.3, 0.4) is 0 Å². The highest BCUT2D eigenvalue weighted by Gasteiger charge is 2.33. The van der Waals surface area contributed by atoms with Gasteiger partial charge in [0.05, 0.1) is 11.6 Å². The van der Waals surface area contributed by atoms with Crippen molar-refractivity contribution in [2.45, 2.75) is 64.0 Å². The number of nitrogens with one attached hydrogen (secondary N) is 1. The summed E-state index contributed by atoms with van der Waals surface area (Å²) in [5, 5.41) is 13.7. The molecule has 1 heterocycles. The Kier molecular flexibility index (Phi) is 4.85. The molecule has 2 aliphatic rings. The van der Waals surface area contributed by atoms with Crippen LogP contribution in [0.5, 0.6) is 0 Å². The van der Waals surface area contributed by atoms with Crippen molar-refractivity contribution in [2.24, 2.45) is 5.92 Å². The maximum absolute atomic E-state index is 12.2. The second-order valence-corrected chi connectivity index (χ2v) is 6.54. The minimum absolute atomic E-state index is 0.179. The molecule has 110 valence electrons. The summed E-state index contributed by atoms with van der Waals surface area (Å²) in [7, 11) is 0. The SMILES string of the molecule is CC1CCC(O)(CNC(C)C(=O)N2CCCC2)CC1. The van der Waals surface area contributed by atoms with Crippen LogP contribution >= 0.6 is 0 Å². The van der Waals surface area contributed by atoms with Crippen LogP contribution in [0.4, 0.5) is 0 Å². The summed E-state index contributed by atoms with van der Waals surface area (Å²) in [5.74, 6) is 0.911. The number of likely N-dealkylation sites (tertiary alicyclic amines) is 1. The minimum atomic E-state index is -0.605. The second kappa shape index (κ2) is 6.23. The number of nitrogens with zero attached hydrogens (tertiary/aromatic N) is 1. The third-order valence-electron chi connectivity index (χ3n) is 4.73. The first-order valence-corrected chi connectivity index (χ1v) is 7.75. The van der Waals surface area contributed by atoms with E-state index >= 15 is 0 Å². The molecular formula is C15H28N2O2. The maximum Gasteiger partial charge on any atom is 0.239 e. The third kappa shape index (κ3) is 3.93. The first kappa shape index (κ1) is 14.8. The van der Waals surface area contributed by atoms with Crippen molar-refractivity contribution in [2.75, 3.05) is 19.6 Å². The Bertz CT molecular complexity index is 305. The first-order valence-electron chi connectivity index (χ1n) is 7.75. The normalized spacial score (nSPS) is 33.4. The molecule has 4 nitrogen and oxygen atoms in total. The highest BCUT2D eigenvalue weighted by atomic mass is 16.3. The van der Waals surface area contributed by atoms with Gasteiger partial charge in [0.25, 0.3) is 0 Å². The minimum Gasteiger partial charge on any atom is -0.389 e. The van der Waals surface area contributed by atoms with E-state index in [9.17, 15) is 9.90 Å². The molecule has 4 heteroatoms. The lowest BCUT2D eigenvalue weighted by molar-refractivity contribution is -0.132. The number of amides is 1. The Labute approximate surface area is 116 Å². The summed E-state index contributed by atoms with van der Waals surface area (Å²) >= 11 is 0. The van der Waals surface area contributed by atoms with E-state index in [1.165, 1.54) is 0 Å². The predicted molar refractivity (Wildman–Crippen MR) is 75.9 cm³/mol. The van der Waals surface area contributed by atoms with Crippen LogP contribution in [-0.2, 0) is 4.79 Å². The van der Waals surface area contributed by atoms with Crippen LogP contribution in [0.15, 0.2) is 0 Å². The van der Waals surface area contributed by atoms with Gasteiger partial charge in [0, 0.05) is 19.6 Å². The molecule has 0 aromatic carbocycles. The molecule has 1 amide bonds. The van der Waals surface area contributed by atoms with Gasteiger partial charge >= 0.3 is 0 Å². The zero-order valence-corrected chi connectivity index (χ0v) is 12.3. The number of aliphatic hydroxyl groups is 1. The zero-order chi connectivity index (χ0) is 13.9. The summed E-state index contributed by atoms with van der Waals surface area (Å²) in [6.07, 6.45) is 6.14. The standard InChI is InChI=1S/C15H28N2O2/c1-12-5-7-15(19,8-6-12)11-16-13(2)14(18)17-9-3-4-10-17/h12-13,16,19H,3-11H2,1-2H3. The molecule has 19 heavy (non-hydrogen) atoms. The molecule has 1 saturated heterocycles. The lowest BCUT2D eigenvalue weighted by Crippen LogP contribution is -2.50. The summed E-state index contributed by atoms with van der Waals surface area (Å²) < 4.78 is 0. The fourth-order valence-electron chi connectivity index (χ4n) is 3.12. The molecule has 0 bridgehead atoms. The van der Waals surface area contributed by atoms with E-state index in [-0.39, 0.29) is 11.9 Å². The summed E-state index contributed by atoms with van der Waals surface area (Å²) in [4.78, 5) is 14.1. The van der Waals surface area contributed by atoms with Gasteiger partial charge < -0.3 is 15.3 Å². The molecule has 1 atom stereocenters. The molecule has 2 N–H and O–H groups in total. The highest BCUT2D eigenvalue weighted by molar-refractivity contribution is 5.81. The van der Waals surface area contributed by atoms with Crippen LogP contribution in [-0.4, -0.2) is 47.2 Å². The third-order valence-corrected chi connectivity index (χ3v) is 4.73. The topological polar surface area (TPSA) is 52.6 Å². The van der Waals surface area contributed by atoms with Crippen molar-refractivity contribution in [1.29, 1.82) is 0 Å². The van der Waals surface area contributed by atoms with Crippen LogP contribution in [0.25, 0.3) is 0 Å². The van der Waals surface area contributed by atoms with Gasteiger partial charge in [-0.05, 0) is 51.4 Å².